The van der Waals surface area contributed by atoms with Crippen LogP contribution in [0.1, 0.15) is 15.9 Å². The molecule has 1 aromatic heterocycles. The number of aromatic nitrogens is 2. The van der Waals surface area contributed by atoms with E-state index in [0.29, 0.717) is 23.5 Å². The van der Waals surface area contributed by atoms with Gasteiger partial charge in [-0.25, -0.2) is 0 Å². The molecule has 0 radical (unpaired) electrons. The molecule has 0 bridgehead atoms. The van der Waals surface area contributed by atoms with Crippen molar-refractivity contribution in [2.45, 2.75) is 6.54 Å². The Morgan fingerprint density at radius 3 is 2.62 bits per heavy atom. The van der Waals surface area contributed by atoms with Gasteiger partial charge in [0.1, 0.15) is 5.75 Å². The molecule has 0 saturated heterocycles. The largest absolute Gasteiger partial charge is 0.484 e. The Hall–Kier alpha value is -3.61. The third-order valence-electron chi connectivity index (χ3n) is 3.59. The summed E-state index contributed by atoms with van der Waals surface area (Å²) >= 11 is 0. The van der Waals surface area contributed by atoms with Crippen LogP contribution < -0.4 is 15.8 Å². The molecule has 26 heavy (non-hydrogen) atoms. The lowest BCUT2D eigenvalue weighted by molar-refractivity contribution is -0.119. The van der Waals surface area contributed by atoms with E-state index in [1.54, 1.807) is 30.5 Å². The number of nitrogens with two attached hydrogens (primary N) is 1. The summed E-state index contributed by atoms with van der Waals surface area (Å²) in [5.41, 5.74) is 7.24. The fourth-order valence-electron chi connectivity index (χ4n) is 2.39. The van der Waals surface area contributed by atoms with Gasteiger partial charge in [0, 0.05) is 23.6 Å². The number of primary amides is 1. The van der Waals surface area contributed by atoms with Gasteiger partial charge in [-0.2, -0.15) is 5.10 Å². The molecule has 0 atom stereocenters. The Bertz CT molecular complexity index is 889. The summed E-state index contributed by atoms with van der Waals surface area (Å²) in [7, 11) is 0. The SMILES string of the molecule is NC(=O)COc1ccc(C(=O)Nc2cccc(Cn3cccn3)c2)cc1. The van der Waals surface area contributed by atoms with Crippen molar-refractivity contribution >= 4 is 17.5 Å². The molecule has 3 N–H and O–H groups in total. The highest BCUT2D eigenvalue weighted by atomic mass is 16.5. The van der Waals surface area contributed by atoms with E-state index in [1.165, 1.54) is 0 Å². The minimum absolute atomic E-state index is 0.200. The summed E-state index contributed by atoms with van der Waals surface area (Å²) in [6.45, 7) is 0.428. The topological polar surface area (TPSA) is 99.2 Å². The van der Waals surface area contributed by atoms with Crippen molar-refractivity contribution in [2.24, 2.45) is 5.73 Å². The number of anilines is 1. The van der Waals surface area contributed by atoms with Gasteiger partial charge in [0.25, 0.3) is 11.8 Å². The highest BCUT2D eigenvalue weighted by molar-refractivity contribution is 6.04. The first-order valence-corrected chi connectivity index (χ1v) is 7.99. The molecule has 2 amide bonds. The lowest BCUT2D eigenvalue weighted by Gasteiger charge is -2.09. The van der Waals surface area contributed by atoms with Gasteiger partial charge in [0.05, 0.1) is 6.54 Å². The minimum Gasteiger partial charge on any atom is -0.484 e. The van der Waals surface area contributed by atoms with Crippen LogP contribution in [0.25, 0.3) is 0 Å². The highest BCUT2D eigenvalue weighted by Crippen LogP contribution is 2.16. The second kappa shape index (κ2) is 7.98. The molecule has 0 spiro atoms. The van der Waals surface area contributed by atoms with Crippen LogP contribution in [0.3, 0.4) is 0 Å². The van der Waals surface area contributed by atoms with Crippen molar-refractivity contribution in [1.29, 1.82) is 0 Å². The van der Waals surface area contributed by atoms with Crippen LogP contribution in [0.4, 0.5) is 5.69 Å². The van der Waals surface area contributed by atoms with Crippen LogP contribution in [-0.2, 0) is 11.3 Å². The summed E-state index contributed by atoms with van der Waals surface area (Å²) < 4.78 is 6.98. The molecular formula is C19H18N4O3. The Labute approximate surface area is 150 Å². The second-order valence-electron chi connectivity index (χ2n) is 5.64. The maximum absolute atomic E-state index is 12.4. The summed E-state index contributed by atoms with van der Waals surface area (Å²) in [5.74, 6) is -0.314. The molecule has 7 nitrogen and oxygen atoms in total. The number of rotatable bonds is 7. The molecule has 3 rings (SSSR count). The van der Waals surface area contributed by atoms with E-state index in [0.717, 1.165) is 5.56 Å². The zero-order valence-electron chi connectivity index (χ0n) is 14.0. The van der Waals surface area contributed by atoms with Crippen molar-refractivity contribution in [3.05, 3.63) is 78.1 Å². The van der Waals surface area contributed by atoms with E-state index in [2.05, 4.69) is 10.4 Å². The van der Waals surface area contributed by atoms with E-state index in [4.69, 9.17) is 10.5 Å². The maximum Gasteiger partial charge on any atom is 0.255 e. The van der Waals surface area contributed by atoms with Gasteiger partial charge < -0.3 is 15.8 Å². The summed E-state index contributed by atoms with van der Waals surface area (Å²) in [5, 5.41) is 7.04. The fraction of sp³-hybridized carbons (Fsp3) is 0.105. The normalized spacial score (nSPS) is 10.3. The minimum atomic E-state index is -0.554. The van der Waals surface area contributed by atoms with Gasteiger partial charge in [-0.15, -0.1) is 0 Å². The molecule has 0 aliphatic rings. The monoisotopic (exact) mass is 350 g/mol. The molecule has 0 aliphatic carbocycles. The van der Waals surface area contributed by atoms with Gasteiger partial charge >= 0.3 is 0 Å². The predicted molar refractivity (Wildman–Crippen MR) is 96.9 cm³/mol. The lowest BCUT2D eigenvalue weighted by atomic mass is 10.1. The van der Waals surface area contributed by atoms with Gasteiger partial charge in [-0.1, -0.05) is 12.1 Å². The van der Waals surface area contributed by atoms with Crippen LogP contribution in [-0.4, -0.2) is 28.2 Å². The number of nitrogens with zero attached hydrogens (tertiary/aromatic N) is 2. The molecule has 0 fully saturated rings. The van der Waals surface area contributed by atoms with E-state index < -0.39 is 5.91 Å². The Kier molecular flexibility index (Phi) is 5.28. The van der Waals surface area contributed by atoms with Crippen molar-refractivity contribution in [2.75, 3.05) is 11.9 Å². The molecule has 0 unspecified atom stereocenters. The first kappa shape index (κ1) is 17.2. The smallest absolute Gasteiger partial charge is 0.255 e. The van der Waals surface area contributed by atoms with E-state index >= 15 is 0 Å². The van der Waals surface area contributed by atoms with Crippen molar-refractivity contribution in [1.82, 2.24) is 9.78 Å². The molecular weight excluding hydrogens is 332 g/mol. The molecule has 7 heteroatoms. The van der Waals surface area contributed by atoms with Crippen LogP contribution in [0, 0.1) is 0 Å². The molecule has 132 valence electrons. The van der Waals surface area contributed by atoms with E-state index in [-0.39, 0.29) is 12.5 Å². The van der Waals surface area contributed by atoms with E-state index in [1.807, 2.05) is 41.2 Å². The fourth-order valence-corrected chi connectivity index (χ4v) is 2.39. The lowest BCUT2D eigenvalue weighted by Crippen LogP contribution is -2.20. The number of carbonyl (C=O) groups excluding carboxylic acids is 2. The van der Waals surface area contributed by atoms with Crippen LogP contribution >= 0.6 is 0 Å². The summed E-state index contributed by atoms with van der Waals surface area (Å²) in [6.07, 6.45) is 3.61. The summed E-state index contributed by atoms with van der Waals surface area (Å²) in [6, 6.07) is 15.9. The zero-order valence-corrected chi connectivity index (χ0v) is 14.0. The van der Waals surface area contributed by atoms with Gasteiger partial charge in [0.2, 0.25) is 0 Å². The Balaban J connectivity index is 1.63. The Morgan fingerprint density at radius 1 is 1.12 bits per heavy atom. The third kappa shape index (κ3) is 4.70. The highest BCUT2D eigenvalue weighted by Gasteiger charge is 2.07. The Morgan fingerprint density at radius 2 is 1.92 bits per heavy atom. The average molecular weight is 350 g/mol. The maximum atomic E-state index is 12.4. The first-order chi connectivity index (χ1) is 12.6. The molecule has 2 aromatic carbocycles. The number of amides is 2. The number of hydrogen-bond donors (Lipinski definition) is 2. The number of carbonyl (C=O) groups is 2. The number of benzene rings is 2. The van der Waals surface area contributed by atoms with Gasteiger partial charge in [-0.3, -0.25) is 14.3 Å². The standard InChI is InChI=1S/C19H18N4O3/c20-18(24)13-26-17-7-5-15(6-8-17)19(25)22-16-4-1-3-14(11-16)12-23-10-2-9-21-23/h1-11H,12-13H2,(H2,20,24)(H,22,25). The number of ether oxygens (including phenoxy) is 1. The van der Waals surface area contributed by atoms with Crippen LogP contribution in [0.15, 0.2) is 67.0 Å². The van der Waals surface area contributed by atoms with E-state index in [9.17, 15) is 9.59 Å². The predicted octanol–water partition coefficient (Wildman–Crippen LogP) is 2.05. The van der Waals surface area contributed by atoms with Gasteiger partial charge in [-0.05, 0) is 48.0 Å². The third-order valence-corrected chi connectivity index (χ3v) is 3.59. The molecule has 1 heterocycles. The molecule has 0 aliphatic heterocycles. The van der Waals surface area contributed by atoms with Crippen molar-refractivity contribution in [3.8, 4) is 5.75 Å². The van der Waals surface area contributed by atoms with Crippen molar-refractivity contribution in [3.63, 3.8) is 0 Å². The average Bonchev–Trinajstić information content (AvgIpc) is 3.13. The quantitative estimate of drug-likeness (QED) is 0.681. The number of nitrogens with one attached hydrogen (secondary N) is 1. The van der Waals surface area contributed by atoms with Crippen LogP contribution in [0.2, 0.25) is 0 Å². The van der Waals surface area contributed by atoms with Gasteiger partial charge in [0.15, 0.2) is 6.61 Å². The van der Waals surface area contributed by atoms with Crippen molar-refractivity contribution < 1.29 is 14.3 Å². The zero-order chi connectivity index (χ0) is 18.4. The first-order valence-electron chi connectivity index (χ1n) is 7.99. The number of hydrogen-bond acceptors (Lipinski definition) is 4. The second-order valence-corrected chi connectivity index (χ2v) is 5.64. The molecule has 3 aromatic rings. The van der Waals surface area contributed by atoms with Crippen LogP contribution in [0.5, 0.6) is 5.75 Å². The summed E-state index contributed by atoms with van der Waals surface area (Å²) in [4.78, 5) is 23.1. The molecule has 0 saturated carbocycles.